The zero-order valence-corrected chi connectivity index (χ0v) is 14.5. The zero-order valence-electron chi connectivity index (χ0n) is 13.6. The Hall–Kier alpha value is -1.53. The number of rotatable bonds is 5. The smallest absolute Gasteiger partial charge is 0.308 e. The molecule has 5 nitrogen and oxygen atoms in total. The lowest BCUT2D eigenvalue weighted by molar-refractivity contribution is -0.143. The summed E-state index contributed by atoms with van der Waals surface area (Å²) in [5, 5.41) is 9.34. The van der Waals surface area contributed by atoms with Crippen LogP contribution in [0.2, 0.25) is 0 Å². The normalized spacial score (nSPS) is 22.0. The number of likely N-dealkylation sites (tertiary alicyclic amines) is 1. The maximum atomic E-state index is 12.6. The molecule has 2 atom stereocenters. The van der Waals surface area contributed by atoms with Gasteiger partial charge in [0.25, 0.3) is 0 Å². The number of carboxylic acid groups (broad SMARTS) is 1. The fourth-order valence-corrected chi connectivity index (χ4v) is 3.57. The maximum absolute atomic E-state index is 12.6. The van der Waals surface area contributed by atoms with E-state index in [9.17, 15) is 14.7 Å². The molecule has 1 aliphatic rings. The molecule has 23 heavy (non-hydrogen) atoms. The van der Waals surface area contributed by atoms with E-state index in [2.05, 4.69) is 4.90 Å². The lowest BCUT2D eigenvalue weighted by atomic mass is 10.0. The molecule has 1 fully saturated rings. The Morgan fingerprint density at radius 3 is 2.52 bits per heavy atom. The van der Waals surface area contributed by atoms with E-state index >= 15 is 0 Å². The highest BCUT2D eigenvalue weighted by Crippen LogP contribution is 2.22. The molecule has 0 saturated carbocycles. The van der Waals surface area contributed by atoms with Gasteiger partial charge in [-0.05, 0) is 39.1 Å². The van der Waals surface area contributed by atoms with Gasteiger partial charge in [0.15, 0.2) is 0 Å². The second kappa shape index (κ2) is 8.36. The topological polar surface area (TPSA) is 60.9 Å². The minimum atomic E-state index is -0.807. The minimum Gasteiger partial charge on any atom is -0.481 e. The van der Waals surface area contributed by atoms with E-state index < -0.39 is 11.9 Å². The van der Waals surface area contributed by atoms with Crippen LogP contribution >= 0.6 is 11.8 Å². The van der Waals surface area contributed by atoms with Crippen LogP contribution in [-0.4, -0.2) is 65.8 Å². The summed E-state index contributed by atoms with van der Waals surface area (Å²) in [6, 6.07) is 10.00. The molecule has 1 N–H and O–H groups in total. The first-order valence-electron chi connectivity index (χ1n) is 7.82. The van der Waals surface area contributed by atoms with Crippen molar-refractivity contribution < 1.29 is 14.7 Å². The molecule has 1 aliphatic heterocycles. The van der Waals surface area contributed by atoms with Crippen LogP contribution in [0.1, 0.15) is 12.8 Å². The van der Waals surface area contributed by atoms with Gasteiger partial charge in [0, 0.05) is 24.0 Å². The predicted molar refractivity (Wildman–Crippen MR) is 91.6 cm³/mol. The molecular weight excluding hydrogens is 312 g/mol. The van der Waals surface area contributed by atoms with Gasteiger partial charge in [-0.3, -0.25) is 9.59 Å². The third-order valence-corrected chi connectivity index (χ3v) is 5.25. The fourth-order valence-electron chi connectivity index (χ4n) is 2.75. The molecule has 0 radical (unpaired) electrons. The monoisotopic (exact) mass is 336 g/mol. The number of carbonyl (C=O) groups is 2. The van der Waals surface area contributed by atoms with E-state index in [1.54, 1.807) is 4.90 Å². The standard InChI is InChI=1S/C17H24N2O3S/c1-18(2)14-9-8-13(17(21)22)10-19(11-14)16(20)12-23-15-6-4-3-5-7-15/h3-7,13-14H,8-12H2,1-2H3,(H,21,22)/t13-,14+/m0/s1. The summed E-state index contributed by atoms with van der Waals surface area (Å²) in [5.41, 5.74) is 0. The zero-order chi connectivity index (χ0) is 16.8. The number of hydrogen-bond donors (Lipinski definition) is 1. The van der Waals surface area contributed by atoms with Crippen LogP contribution in [0.3, 0.4) is 0 Å². The van der Waals surface area contributed by atoms with Gasteiger partial charge in [-0.15, -0.1) is 11.8 Å². The van der Waals surface area contributed by atoms with Gasteiger partial charge in [-0.25, -0.2) is 0 Å². The molecule has 1 heterocycles. The van der Waals surface area contributed by atoms with E-state index in [1.807, 2.05) is 44.4 Å². The van der Waals surface area contributed by atoms with Crippen molar-refractivity contribution in [1.82, 2.24) is 9.80 Å². The summed E-state index contributed by atoms with van der Waals surface area (Å²) in [5.74, 6) is -0.918. The Morgan fingerprint density at radius 2 is 1.91 bits per heavy atom. The molecule has 6 heteroatoms. The van der Waals surface area contributed by atoms with E-state index in [4.69, 9.17) is 0 Å². The number of likely N-dealkylation sites (N-methyl/N-ethyl adjacent to an activating group) is 1. The van der Waals surface area contributed by atoms with Gasteiger partial charge in [0.05, 0.1) is 11.7 Å². The Bertz CT molecular complexity index is 536. The van der Waals surface area contributed by atoms with Crippen molar-refractivity contribution >= 4 is 23.6 Å². The second-order valence-corrected chi connectivity index (χ2v) is 7.18. The molecule has 2 rings (SSSR count). The van der Waals surface area contributed by atoms with Crippen LogP contribution in [0.25, 0.3) is 0 Å². The van der Waals surface area contributed by atoms with Crippen LogP contribution in [0.15, 0.2) is 35.2 Å². The minimum absolute atomic E-state index is 0.0128. The first kappa shape index (κ1) is 17.8. The number of nitrogens with zero attached hydrogens (tertiary/aromatic N) is 2. The molecule has 0 unspecified atom stereocenters. The van der Waals surface area contributed by atoms with Gasteiger partial charge in [0.2, 0.25) is 5.91 Å². The van der Waals surface area contributed by atoms with Crippen LogP contribution in [0.4, 0.5) is 0 Å². The average Bonchev–Trinajstić information content (AvgIpc) is 2.77. The average molecular weight is 336 g/mol. The number of carboxylic acids is 1. The number of carbonyl (C=O) groups excluding carboxylic acids is 1. The van der Waals surface area contributed by atoms with Gasteiger partial charge in [-0.2, -0.15) is 0 Å². The number of benzene rings is 1. The molecule has 0 aromatic heterocycles. The van der Waals surface area contributed by atoms with Crippen molar-refractivity contribution in [2.24, 2.45) is 5.92 Å². The highest BCUT2D eigenvalue weighted by Gasteiger charge is 2.31. The molecule has 1 amide bonds. The van der Waals surface area contributed by atoms with Crippen molar-refractivity contribution in [3.05, 3.63) is 30.3 Å². The summed E-state index contributed by atoms with van der Waals surface area (Å²) < 4.78 is 0. The molecule has 0 bridgehead atoms. The highest BCUT2D eigenvalue weighted by molar-refractivity contribution is 8.00. The lowest BCUT2D eigenvalue weighted by Gasteiger charge is -2.28. The second-order valence-electron chi connectivity index (χ2n) is 6.13. The Labute approximate surface area is 141 Å². The Balaban J connectivity index is 2.00. The molecular formula is C17H24N2O3S. The molecule has 1 aromatic rings. The molecule has 0 spiro atoms. The van der Waals surface area contributed by atoms with Crippen molar-refractivity contribution in [3.63, 3.8) is 0 Å². The van der Waals surface area contributed by atoms with Crippen LogP contribution < -0.4 is 0 Å². The van der Waals surface area contributed by atoms with Gasteiger partial charge < -0.3 is 14.9 Å². The summed E-state index contributed by atoms with van der Waals surface area (Å²) in [4.78, 5) is 28.8. The predicted octanol–water partition coefficient (Wildman–Crippen LogP) is 2.03. The van der Waals surface area contributed by atoms with Gasteiger partial charge >= 0.3 is 5.97 Å². The number of amides is 1. The molecule has 0 aliphatic carbocycles. The maximum Gasteiger partial charge on any atom is 0.308 e. The van der Waals surface area contributed by atoms with Crippen molar-refractivity contribution in [1.29, 1.82) is 0 Å². The van der Waals surface area contributed by atoms with E-state index in [1.165, 1.54) is 11.8 Å². The lowest BCUT2D eigenvalue weighted by Crippen LogP contribution is -2.43. The summed E-state index contributed by atoms with van der Waals surface area (Å²) in [6.07, 6.45) is 1.42. The number of thioether (sulfide) groups is 1. The summed E-state index contributed by atoms with van der Waals surface area (Å²) in [6.45, 7) is 0.915. The molecule has 126 valence electrons. The molecule has 1 aromatic carbocycles. The Kier molecular flexibility index (Phi) is 6.47. The largest absolute Gasteiger partial charge is 0.481 e. The SMILES string of the molecule is CN(C)[C@@H]1CC[C@H](C(=O)O)CN(C(=O)CSc2ccccc2)C1. The Morgan fingerprint density at radius 1 is 1.22 bits per heavy atom. The first-order chi connectivity index (χ1) is 11.0. The van der Waals surface area contributed by atoms with Crippen LogP contribution in [0.5, 0.6) is 0 Å². The van der Waals surface area contributed by atoms with Gasteiger partial charge in [-0.1, -0.05) is 18.2 Å². The first-order valence-corrected chi connectivity index (χ1v) is 8.80. The number of hydrogen-bond acceptors (Lipinski definition) is 4. The highest BCUT2D eigenvalue weighted by atomic mass is 32.2. The molecule has 1 saturated heterocycles. The van der Waals surface area contributed by atoms with E-state index in [0.717, 1.165) is 11.3 Å². The third-order valence-electron chi connectivity index (χ3n) is 4.26. The van der Waals surface area contributed by atoms with Gasteiger partial charge in [0.1, 0.15) is 0 Å². The number of aliphatic carboxylic acids is 1. The van der Waals surface area contributed by atoms with E-state index in [0.29, 0.717) is 25.3 Å². The van der Waals surface area contributed by atoms with Crippen molar-refractivity contribution in [2.75, 3.05) is 32.9 Å². The van der Waals surface area contributed by atoms with Crippen LogP contribution in [0, 0.1) is 5.92 Å². The van der Waals surface area contributed by atoms with Crippen LogP contribution in [-0.2, 0) is 9.59 Å². The summed E-state index contributed by atoms with van der Waals surface area (Å²) in [7, 11) is 3.96. The third kappa shape index (κ3) is 5.25. The summed E-state index contributed by atoms with van der Waals surface area (Å²) >= 11 is 1.50. The van der Waals surface area contributed by atoms with Crippen molar-refractivity contribution in [2.45, 2.75) is 23.8 Å². The quantitative estimate of drug-likeness (QED) is 0.834. The fraction of sp³-hybridized carbons (Fsp3) is 0.529. The van der Waals surface area contributed by atoms with E-state index in [-0.39, 0.29) is 11.9 Å². The van der Waals surface area contributed by atoms with Crippen molar-refractivity contribution in [3.8, 4) is 0 Å².